The Bertz CT molecular complexity index is 943. The number of benzene rings is 2. The minimum absolute atomic E-state index is 0.112. The van der Waals surface area contributed by atoms with E-state index >= 15 is 0 Å². The van der Waals surface area contributed by atoms with Crippen molar-refractivity contribution in [1.82, 2.24) is 0 Å². The van der Waals surface area contributed by atoms with Crippen LogP contribution in [-0.4, -0.2) is 23.9 Å². The number of ether oxygens (including phenoxy) is 2. The SMILES string of the molecule is CCOc1cc(/C=C2\SC(=S)N(c3cccc(C)c3)C2=O)cc(I)c1OC. The van der Waals surface area contributed by atoms with Crippen molar-refractivity contribution in [3.05, 3.63) is 56.0 Å². The zero-order valence-electron chi connectivity index (χ0n) is 15.1. The van der Waals surface area contributed by atoms with Gasteiger partial charge >= 0.3 is 0 Å². The van der Waals surface area contributed by atoms with Crippen molar-refractivity contribution in [1.29, 1.82) is 0 Å². The minimum Gasteiger partial charge on any atom is -0.492 e. The maximum atomic E-state index is 12.9. The molecule has 0 radical (unpaired) electrons. The number of carbonyl (C=O) groups is 1. The van der Waals surface area contributed by atoms with E-state index in [1.54, 1.807) is 12.0 Å². The molecule has 1 fully saturated rings. The number of rotatable bonds is 5. The Morgan fingerprint density at radius 1 is 1.30 bits per heavy atom. The number of thioether (sulfide) groups is 1. The first kappa shape index (κ1) is 20.2. The molecule has 0 atom stereocenters. The third-order valence-electron chi connectivity index (χ3n) is 3.89. The molecule has 2 aromatic rings. The molecular weight excluding hydrogens is 493 g/mol. The van der Waals surface area contributed by atoms with E-state index in [0.717, 1.165) is 20.4 Å². The van der Waals surface area contributed by atoms with E-state index in [9.17, 15) is 4.79 Å². The monoisotopic (exact) mass is 511 g/mol. The van der Waals surface area contributed by atoms with E-state index in [1.807, 2.05) is 56.3 Å². The van der Waals surface area contributed by atoms with Crippen LogP contribution in [0, 0.1) is 10.5 Å². The number of thiocarbonyl (C=S) groups is 1. The summed E-state index contributed by atoms with van der Waals surface area (Å²) in [5.41, 5.74) is 2.74. The number of halogens is 1. The Labute approximate surface area is 182 Å². The molecule has 1 saturated heterocycles. The van der Waals surface area contributed by atoms with Crippen LogP contribution < -0.4 is 14.4 Å². The highest BCUT2D eigenvalue weighted by Gasteiger charge is 2.33. The molecule has 4 nitrogen and oxygen atoms in total. The molecule has 27 heavy (non-hydrogen) atoms. The van der Waals surface area contributed by atoms with E-state index < -0.39 is 0 Å². The van der Waals surface area contributed by atoms with Crippen molar-refractivity contribution in [3.63, 3.8) is 0 Å². The Hall–Kier alpha value is -1.58. The van der Waals surface area contributed by atoms with Crippen LogP contribution in [0.1, 0.15) is 18.1 Å². The van der Waals surface area contributed by atoms with Crippen molar-refractivity contribution >= 4 is 68.6 Å². The molecule has 7 heteroatoms. The molecule has 3 rings (SSSR count). The maximum Gasteiger partial charge on any atom is 0.270 e. The molecule has 140 valence electrons. The second-order valence-electron chi connectivity index (χ2n) is 5.82. The highest BCUT2D eigenvalue weighted by molar-refractivity contribution is 14.1. The van der Waals surface area contributed by atoms with Gasteiger partial charge in [0, 0.05) is 0 Å². The number of nitrogens with zero attached hydrogens (tertiary/aromatic N) is 1. The average molecular weight is 511 g/mol. The molecule has 0 spiro atoms. The van der Waals surface area contributed by atoms with Crippen LogP contribution in [0.25, 0.3) is 6.08 Å². The number of hydrogen-bond donors (Lipinski definition) is 0. The Kier molecular flexibility index (Phi) is 6.44. The normalized spacial score (nSPS) is 15.6. The van der Waals surface area contributed by atoms with Crippen LogP contribution >= 0.6 is 46.6 Å². The second-order valence-corrected chi connectivity index (χ2v) is 8.66. The highest BCUT2D eigenvalue weighted by atomic mass is 127. The number of anilines is 1. The van der Waals surface area contributed by atoms with Crippen LogP contribution in [0.2, 0.25) is 0 Å². The van der Waals surface area contributed by atoms with Crippen molar-refractivity contribution in [2.75, 3.05) is 18.6 Å². The van der Waals surface area contributed by atoms with E-state index in [0.29, 0.717) is 27.3 Å². The second kappa shape index (κ2) is 8.62. The molecule has 2 aromatic carbocycles. The fraction of sp³-hybridized carbons (Fsp3) is 0.200. The van der Waals surface area contributed by atoms with Gasteiger partial charge in [0.25, 0.3) is 5.91 Å². The molecular formula is C20H18INO3S2. The van der Waals surface area contributed by atoms with E-state index in [4.69, 9.17) is 21.7 Å². The van der Waals surface area contributed by atoms with Gasteiger partial charge in [0.2, 0.25) is 0 Å². The number of carbonyl (C=O) groups excluding carboxylic acids is 1. The highest BCUT2D eigenvalue weighted by Crippen LogP contribution is 2.38. The summed E-state index contributed by atoms with van der Waals surface area (Å²) in [4.78, 5) is 15.1. The lowest BCUT2D eigenvalue weighted by molar-refractivity contribution is -0.113. The lowest BCUT2D eigenvalue weighted by Gasteiger charge is -2.15. The lowest BCUT2D eigenvalue weighted by atomic mass is 10.1. The topological polar surface area (TPSA) is 38.8 Å². The van der Waals surface area contributed by atoms with Crippen LogP contribution in [0.15, 0.2) is 41.3 Å². The predicted molar refractivity (Wildman–Crippen MR) is 124 cm³/mol. The Balaban J connectivity index is 1.96. The van der Waals surface area contributed by atoms with Crippen LogP contribution in [-0.2, 0) is 4.79 Å². The van der Waals surface area contributed by atoms with Gasteiger partial charge in [-0.05, 0) is 77.9 Å². The zero-order chi connectivity index (χ0) is 19.6. The molecule has 0 bridgehead atoms. The molecule has 0 saturated carbocycles. The molecule has 0 N–H and O–H groups in total. The van der Waals surface area contributed by atoms with E-state index in [-0.39, 0.29) is 5.91 Å². The van der Waals surface area contributed by atoms with Gasteiger partial charge in [0.05, 0.1) is 27.9 Å². The minimum atomic E-state index is -0.112. The Morgan fingerprint density at radius 3 is 2.74 bits per heavy atom. The molecule has 1 amide bonds. The summed E-state index contributed by atoms with van der Waals surface area (Å²) >= 11 is 8.96. The smallest absolute Gasteiger partial charge is 0.270 e. The fourth-order valence-electron chi connectivity index (χ4n) is 2.74. The quantitative estimate of drug-likeness (QED) is 0.305. The molecule has 1 heterocycles. The third-order valence-corrected chi connectivity index (χ3v) is 5.99. The summed E-state index contributed by atoms with van der Waals surface area (Å²) in [6, 6.07) is 11.6. The number of amides is 1. The number of hydrogen-bond acceptors (Lipinski definition) is 5. The largest absolute Gasteiger partial charge is 0.492 e. The third kappa shape index (κ3) is 4.30. The first-order valence-corrected chi connectivity index (χ1v) is 10.6. The van der Waals surface area contributed by atoms with E-state index in [2.05, 4.69) is 22.6 Å². The van der Waals surface area contributed by atoms with Crippen LogP contribution in [0.4, 0.5) is 5.69 Å². The molecule has 0 unspecified atom stereocenters. The van der Waals surface area contributed by atoms with Gasteiger partial charge in [0.15, 0.2) is 15.8 Å². The van der Waals surface area contributed by atoms with Gasteiger partial charge in [-0.3, -0.25) is 9.69 Å². The molecule has 1 aliphatic heterocycles. The average Bonchev–Trinajstić information content (AvgIpc) is 2.88. The van der Waals surface area contributed by atoms with Crippen molar-refractivity contribution in [3.8, 4) is 11.5 Å². The predicted octanol–water partition coefficient (Wildman–Crippen LogP) is 5.41. The van der Waals surface area contributed by atoms with Gasteiger partial charge in [-0.15, -0.1) is 0 Å². The van der Waals surface area contributed by atoms with Gasteiger partial charge in [0.1, 0.15) is 0 Å². The maximum absolute atomic E-state index is 12.9. The number of aryl methyl sites for hydroxylation is 1. The number of methoxy groups -OCH3 is 1. The summed E-state index contributed by atoms with van der Waals surface area (Å²) in [5.74, 6) is 1.24. The van der Waals surface area contributed by atoms with Crippen molar-refractivity contribution < 1.29 is 14.3 Å². The first-order chi connectivity index (χ1) is 12.9. The molecule has 0 aromatic heterocycles. The lowest BCUT2D eigenvalue weighted by Crippen LogP contribution is -2.27. The van der Waals surface area contributed by atoms with Gasteiger partial charge in [-0.2, -0.15) is 0 Å². The fourth-order valence-corrected chi connectivity index (χ4v) is 4.89. The van der Waals surface area contributed by atoms with Gasteiger partial charge < -0.3 is 9.47 Å². The summed E-state index contributed by atoms with van der Waals surface area (Å²) < 4.78 is 12.6. The van der Waals surface area contributed by atoms with E-state index in [1.165, 1.54) is 11.8 Å². The molecule has 1 aliphatic rings. The summed E-state index contributed by atoms with van der Waals surface area (Å²) in [6.45, 7) is 4.45. The summed E-state index contributed by atoms with van der Waals surface area (Å²) in [6.07, 6.45) is 1.85. The standard InChI is InChI=1S/C20H18INO3S2/c1-4-25-16-10-13(9-15(21)18(16)24-3)11-17-19(23)22(20(26)27-17)14-7-5-6-12(2)8-14/h5-11H,4H2,1-3H3/b17-11-. The van der Waals surface area contributed by atoms with Gasteiger partial charge in [-0.1, -0.05) is 36.1 Å². The van der Waals surface area contributed by atoms with Crippen LogP contribution in [0.5, 0.6) is 11.5 Å². The zero-order valence-corrected chi connectivity index (χ0v) is 18.9. The summed E-state index contributed by atoms with van der Waals surface area (Å²) in [5, 5.41) is 0. The first-order valence-electron chi connectivity index (χ1n) is 8.29. The van der Waals surface area contributed by atoms with Crippen molar-refractivity contribution in [2.24, 2.45) is 0 Å². The van der Waals surface area contributed by atoms with Crippen molar-refractivity contribution in [2.45, 2.75) is 13.8 Å². The summed E-state index contributed by atoms with van der Waals surface area (Å²) in [7, 11) is 1.62. The molecule has 0 aliphatic carbocycles. The Morgan fingerprint density at radius 2 is 2.07 bits per heavy atom. The van der Waals surface area contributed by atoms with Crippen LogP contribution in [0.3, 0.4) is 0 Å². The van der Waals surface area contributed by atoms with Gasteiger partial charge in [-0.25, -0.2) is 0 Å².